The number of rotatable bonds is 4. The quantitative estimate of drug-likeness (QED) is 0.642. The van der Waals surface area contributed by atoms with Crippen molar-refractivity contribution in [1.29, 1.82) is 0 Å². The molecule has 4 rings (SSSR count). The van der Waals surface area contributed by atoms with E-state index in [0.717, 1.165) is 24.2 Å². The molecule has 7 heteroatoms. The zero-order valence-electron chi connectivity index (χ0n) is 14.7. The van der Waals surface area contributed by atoms with Crippen LogP contribution in [-0.4, -0.2) is 34.2 Å². The summed E-state index contributed by atoms with van der Waals surface area (Å²) in [7, 11) is 0. The SMILES string of the molecule is O=C(c1ccc(OC2CCCC2)nc1)N1CCSC1c1ccc(Cl)cc1Cl. The summed E-state index contributed by atoms with van der Waals surface area (Å²) in [5, 5.41) is 1.06. The van der Waals surface area contributed by atoms with E-state index in [-0.39, 0.29) is 17.4 Å². The van der Waals surface area contributed by atoms with Gasteiger partial charge in [0.15, 0.2) is 0 Å². The molecule has 1 aromatic heterocycles. The third kappa shape index (κ3) is 4.20. The minimum Gasteiger partial charge on any atom is -0.474 e. The minimum absolute atomic E-state index is 0.0454. The molecule has 1 aliphatic carbocycles. The fourth-order valence-electron chi connectivity index (χ4n) is 3.56. The molecular weight excluding hydrogens is 403 g/mol. The maximum atomic E-state index is 13.0. The lowest BCUT2D eigenvalue weighted by Crippen LogP contribution is -2.30. The summed E-state index contributed by atoms with van der Waals surface area (Å²) in [6.07, 6.45) is 6.44. The smallest absolute Gasteiger partial charge is 0.256 e. The minimum atomic E-state index is -0.114. The van der Waals surface area contributed by atoms with Crippen LogP contribution in [-0.2, 0) is 0 Å². The van der Waals surface area contributed by atoms with Gasteiger partial charge in [-0.15, -0.1) is 11.8 Å². The predicted molar refractivity (Wildman–Crippen MR) is 110 cm³/mol. The van der Waals surface area contributed by atoms with Crippen LogP contribution in [0.2, 0.25) is 10.0 Å². The Balaban J connectivity index is 1.49. The number of aromatic nitrogens is 1. The first-order chi connectivity index (χ1) is 13.1. The molecule has 0 N–H and O–H groups in total. The molecule has 1 saturated heterocycles. The maximum Gasteiger partial charge on any atom is 0.256 e. The van der Waals surface area contributed by atoms with E-state index in [1.807, 2.05) is 11.0 Å². The van der Waals surface area contributed by atoms with Gasteiger partial charge in [0.1, 0.15) is 11.5 Å². The first-order valence-electron chi connectivity index (χ1n) is 9.12. The van der Waals surface area contributed by atoms with Crippen molar-refractivity contribution in [3.05, 3.63) is 57.7 Å². The highest BCUT2D eigenvalue weighted by Crippen LogP contribution is 2.42. The molecule has 142 valence electrons. The molecule has 4 nitrogen and oxygen atoms in total. The van der Waals surface area contributed by atoms with Crippen molar-refractivity contribution in [2.45, 2.75) is 37.2 Å². The first kappa shape index (κ1) is 18.9. The van der Waals surface area contributed by atoms with E-state index in [1.54, 1.807) is 42.2 Å². The third-order valence-electron chi connectivity index (χ3n) is 4.95. The van der Waals surface area contributed by atoms with Crippen molar-refractivity contribution in [2.24, 2.45) is 0 Å². The number of hydrogen-bond donors (Lipinski definition) is 0. The second-order valence-electron chi connectivity index (χ2n) is 6.80. The summed E-state index contributed by atoms with van der Waals surface area (Å²) >= 11 is 14.1. The van der Waals surface area contributed by atoms with Gasteiger partial charge in [0.05, 0.1) is 5.56 Å². The highest BCUT2D eigenvalue weighted by Gasteiger charge is 2.32. The van der Waals surface area contributed by atoms with E-state index >= 15 is 0 Å². The van der Waals surface area contributed by atoms with Gasteiger partial charge in [-0.05, 0) is 43.9 Å². The molecule has 1 aliphatic heterocycles. The molecule has 1 aromatic carbocycles. The third-order valence-corrected chi connectivity index (χ3v) is 6.76. The van der Waals surface area contributed by atoms with E-state index in [2.05, 4.69) is 4.98 Å². The maximum absolute atomic E-state index is 13.0. The van der Waals surface area contributed by atoms with Crippen LogP contribution in [0.25, 0.3) is 0 Å². The van der Waals surface area contributed by atoms with Crippen LogP contribution in [0.3, 0.4) is 0 Å². The van der Waals surface area contributed by atoms with Crippen LogP contribution in [0.5, 0.6) is 5.88 Å². The first-order valence-corrected chi connectivity index (χ1v) is 10.9. The van der Waals surface area contributed by atoms with Gasteiger partial charge < -0.3 is 9.64 Å². The van der Waals surface area contributed by atoms with Gasteiger partial charge in [0.25, 0.3) is 5.91 Å². The van der Waals surface area contributed by atoms with Gasteiger partial charge in [0.2, 0.25) is 5.88 Å². The van der Waals surface area contributed by atoms with Gasteiger partial charge in [-0.3, -0.25) is 4.79 Å². The lowest BCUT2D eigenvalue weighted by molar-refractivity contribution is 0.0760. The number of nitrogens with zero attached hydrogens (tertiary/aromatic N) is 2. The molecule has 2 fully saturated rings. The Bertz CT molecular complexity index is 825. The summed E-state index contributed by atoms with van der Waals surface area (Å²) in [4.78, 5) is 19.2. The monoisotopic (exact) mass is 422 g/mol. The van der Waals surface area contributed by atoms with E-state index < -0.39 is 0 Å². The number of benzene rings is 1. The van der Waals surface area contributed by atoms with Crippen molar-refractivity contribution in [1.82, 2.24) is 9.88 Å². The summed E-state index contributed by atoms with van der Waals surface area (Å²) in [6.45, 7) is 0.674. The van der Waals surface area contributed by atoms with Crippen LogP contribution in [0.1, 0.15) is 47.0 Å². The number of hydrogen-bond acceptors (Lipinski definition) is 4. The predicted octanol–water partition coefficient (Wildman–Crippen LogP) is 5.60. The number of pyridine rings is 1. The molecule has 2 heterocycles. The fraction of sp³-hybridized carbons (Fsp3) is 0.400. The number of halogens is 2. The largest absolute Gasteiger partial charge is 0.474 e. The van der Waals surface area contributed by atoms with Crippen LogP contribution in [0.4, 0.5) is 0 Å². The van der Waals surface area contributed by atoms with Crippen LogP contribution in [0, 0.1) is 0 Å². The molecule has 1 saturated carbocycles. The summed E-state index contributed by atoms with van der Waals surface area (Å²) in [5.74, 6) is 1.41. The summed E-state index contributed by atoms with van der Waals surface area (Å²) in [5.41, 5.74) is 1.47. The molecule has 2 aliphatic rings. The Morgan fingerprint density at radius 2 is 2.00 bits per heavy atom. The van der Waals surface area contributed by atoms with Gasteiger partial charge in [-0.2, -0.15) is 0 Å². The molecule has 0 spiro atoms. The van der Waals surface area contributed by atoms with Crippen molar-refractivity contribution < 1.29 is 9.53 Å². The standard InChI is InChI=1S/C20H20Cl2N2O2S/c21-14-6-7-16(17(22)11-14)20-24(9-10-27-20)19(25)13-5-8-18(23-12-13)26-15-3-1-2-4-15/h5-8,11-12,15,20H,1-4,9-10H2. The average Bonchev–Trinajstić information content (AvgIpc) is 3.34. The zero-order valence-corrected chi connectivity index (χ0v) is 17.1. The molecule has 1 unspecified atom stereocenters. The van der Waals surface area contributed by atoms with E-state index in [1.165, 1.54) is 12.8 Å². The Labute approximate surface area is 173 Å². The number of amides is 1. The second kappa shape index (κ2) is 8.29. The molecule has 1 amide bonds. The highest BCUT2D eigenvalue weighted by molar-refractivity contribution is 7.99. The van der Waals surface area contributed by atoms with Gasteiger partial charge in [0, 0.05) is 40.2 Å². The van der Waals surface area contributed by atoms with E-state index in [0.29, 0.717) is 28.0 Å². The van der Waals surface area contributed by atoms with Crippen molar-refractivity contribution >= 4 is 40.9 Å². The van der Waals surface area contributed by atoms with Gasteiger partial charge in [-0.1, -0.05) is 29.3 Å². The Morgan fingerprint density at radius 1 is 1.19 bits per heavy atom. The Kier molecular flexibility index (Phi) is 5.81. The Morgan fingerprint density at radius 3 is 2.70 bits per heavy atom. The van der Waals surface area contributed by atoms with Crippen molar-refractivity contribution in [3.63, 3.8) is 0 Å². The lowest BCUT2D eigenvalue weighted by Gasteiger charge is -2.25. The van der Waals surface area contributed by atoms with Gasteiger partial charge >= 0.3 is 0 Å². The molecule has 0 radical (unpaired) electrons. The number of carbonyl (C=O) groups excluding carboxylic acids is 1. The van der Waals surface area contributed by atoms with Crippen LogP contribution >= 0.6 is 35.0 Å². The van der Waals surface area contributed by atoms with Crippen molar-refractivity contribution in [2.75, 3.05) is 12.3 Å². The highest BCUT2D eigenvalue weighted by atomic mass is 35.5. The van der Waals surface area contributed by atoms with Crippen LogP contribution in [0.15, 0.2) is 36.5 Å². The summed E-state index contributed by atoms with van der Waals surface area (Å²) < 4.78 is 5.88. The molecule has 2 aromatic rings. The topological polar surface area (TPSA) is 42.4 Å². The van der Waals surface area contributed by atoms with E-state index in [9.17, 15) is 4.79 Å². The van der Waals surface area contributed by atoms with Crippen molar-refractivity contribution in [3.8, 4) is 5.88 Å². The number of carbonyl (C=O) groups is 1. The number of ether oxygens (including phenoxy) is 1. The fourth-order valence-corrected chi connectivity index (χ4v) is 5.42. The molecule has 0 bridgehead atoms. The van der Waals surface area contributed by atoms with Crippen LogP contribution < -0.4 is 4.74 Å². The molecule has 1 atom stereocenters. The normalized spacial score (nSPS) is 20.2. The Hall–Kier alpha value is -1.43. The molecule has 27 heavy (non-hydrogen) atoms. The number of thioether (sulfide) groups is 1. The zero-order chi connectivity index (χ0) is 18.8. The second-order valence-corrected chi connectivity index (χ2v) is 8.83. The lowest BCUT2D eigenvalue weighted by atomic mass is 10.1. The summed E-state index contributed by atoms with van der Waals surface area (Å²) in [6, 6.07) is 9.00. The van der Waals surface area contributed by atoms with E-state index in [4.69, 9.17) is 27.9 Å². The van der Waals surface area contributed by atoms with Gasteiger partial charge in [-0.25, -0.2) is 4.98 Å². The average molecular weight is 423 g/mol. The molecular formula is C20H20Cl2N2O2S.